The van der Waals surface area contributed by atoms with E-state index in [9.17, 15) is 14.4 Å². The molecule has 1 atom stereocenters. The third-order valence-corrected chi connectivity index (χ3v) is 5.83. The van der Waals surface area contributed by atoms with E-state index in [1.165, 1.54) is 16.2 Å². The first-order valence-corrected chi connectivity index (χ1v) is 10.2. The maximum absolute atomic E-state index is 12.8. The van der Waals surface area contributed by atoms with Gasteiger partial charge in [0, 0.05) is 37.1 Å². The number of benzene rings is 1. The van der Waals surface area contributed by atoms with Gasteiger partial charge in [-0.3, -0.25) is 9.59 Å². The Balaban J connectivity index is 1.85. The summed E-state index contributed by atoms with van der Waals surface area (Å²) in [4.78, 5) is 39.0. The smallest absolute Gasteiger partial charge is 0.316 e. The molecule has 29 heavy (non-hydrogen) atoms. The summed E-state index contributed by atoms with van der Waals surface area (Å²) < 4.78 is 0. The van der Waals surface area contributed by atoms with Gasteiger partial charge in [-0.1, -0.05) is 12.1 Å². The van der Waals surface area contributed by atoms with Crippen LogP contribution in [0.3, 0.4) is 0 Å². The van der Waals surface area contributed by atoms with Crippen LogP contribution in [0.15, 0.2) is 30.3 Å². The monoisotopic (exact) mass is 415 g/mol. The molecule has 1 aromatic carbocycles. The quantitative estimate of drug-likeness (QED) is 0.598. The average molecular weight is 416 g/mol. The molecule has 0 bridgehead atoms. The Morgan fingerprint density at radius 3 is 2.52 bits per heavy atom. The average Bonchev–Trinajstić information content (AvgIpc) is 3.11. The number of hydrogen-bond donors (Lipinski definition) is 4. The second-order valence-electron chi connectivity index (χ2n) is 7.14. The zero-order valence-corrected chi connectivity index (χ0v) is 17.3. The Kier molecular flexibility index (Phi) is 6.50. The molecule has 3 rings (SSSR count). The van der Waals surface area contributed by atoms with Crippen LogP contribution in [0.5, 0.6) is 0 Å². The molecule has 0 aliphatic carbocycles. The lowest BCUT2D eigenvalue weighted by molar-refractivity contribution is 0.0827. The first kappa shape index (κ1) is 20.8. The molecule has 1 aliphatic heterocycles. The SMILES string of the molecule is CN(C)C(=O)c1ccc(-c2cc(NC(N)=O)c(C(=O)N[C@H]3CCCNC3)s2)cc1. The molecule has 0 saturated carbocycles. The van der Waals surface area contributed by atoms with Gasteiger partial charge in [0.25, 0.3) is 11.8 Å². The van der Waals surface area contributed by atoms with E-state index in [-0.39, 0.29) is 17.9 Å². The molecule has 154 valence electrons. The van der Waals surface area contributed by atoms with Gasteiger partial charge in [-0.25, -0.2) is 4.79 Å². The number of rotatable bonds is 5. The van der Waals surface area contributed by atoms with E-state index in [1.807, 2.05) is 12.1 Å². The maximum Gasteiger partial charge on any atom is 0.316 e. The van der Waals surface area contributed by atoms with Crippen LogP contribution in [-0.4, -0.2) is 56.0 Å². The van der Waals surface area contributed by atoms with Crippen molar-refractivity contribution >= 4 is 34.9 Å². The van der Waals surface area contributed by atoms with E-state index in [0.29, 0.717) is 16.1 Å². The molecule has 4 amide bonds. The van der Waals surface area contributed by atoms with Crippen molar-refractivity contribution in [3.05, 3.63) is 40.8 Å². The normalized spacial score (nSPS) is 16.1. The standard InChI is InChI=1S/C20H25N5O3S/c1-25(2)19(27)13-7-5-12(6-8-13)16-10-15(24-20(21)28)17(29-16)18(26)23-14-4-3-9-22-11-14/h5-8,10,14,22H,3-4,9,11H2,1-2H3,(H,23,26)(H3,21,24,28)/t14-/m0/s1. The van der Waals surface area contributed by atoms with Gasteiger partial charge in [-0.05, 0) is 43.1 Å². The van der Waals surface area contributed by atoms with Crippen molar-refractivity contribution in [3.8, 4) is 10.4 Å². The fourth-order valence-electron chi connectivity index (χ4n) is 3.19. The summed E-state index contributed by atoms with van der Waals surface area (Å²) in [5.41, 5.74) is 7.08. The Morgan fingerprint density at radius 1 is 1.21 bits per heavy atom. The summed E-state index contributed by atoms with van der Waals surface area (Å²) in [7, 11) is 3.40. The molecule has 2 heterocycles. The number of amides is 4. The summed E-state index contributed by atoms with van der Waals surface area (Å²) in [5.74, 6) is -0.321. The van der Waals surface area contributed by atoms with Gasteiger partial charge in [0.15, 0.2) is 0 Å². The van der Waals surface area contributed by atoms with E-state index in [1.54, 1.807) is 32.3 Å². The first-order valence-electron chi connectivity index (χ1n) is 9.39. The van der Waals surface area contributed by atoms with Crippen LogP contribution >= 0.6 is 11.3 Å². The molecule has 2 aromatic rings. The van der Waals surface area contributed by atoms with Gasteiger partial charge >= 0.3 is 6.03 Å². The number of piperidine rings is 1. The minimum atomic E-state index is -0.727. The van der Waals surface area contributed by atoms with Crippen molar-refractivity contribution < 1.29 is 14.4 Å². The summed E-state index contributed by atoms with van der Waals surface area (Å²) >= 11 is 1.27. The number of carbonyl (C=O) groups excluding carboxylic acids is 3. The largest absolute Gasteiger partial charge is 0.351 e. The topological polar surface area (TPSA) is 117 Å². The van der Waals surface area contributed by atoms with E-state index >= 15 is 0 Å². The van der Waals surface area contributed by atoms with Gasteiger partial charge in [-0.15, -0.1) is 11.3 Å². The number of primary amides is 1. The fraction of sp³-hybridized carbons (Fsp3) is 0.350. The van der Waals surface area contributed by atoms with Crippen LogP contribution in [0.4, 0.5) is 10.5 Å². The third kappa shape index (κ3) is 5.12. The van der Waals surface area contributed by atoms with Crippen molar-refractivity contribution in [3.63, 3.8) is 0 Å². The Labute approximate surface area is 173 Å². The van der Waals surface area contributed by atoms with Gasteiger partial charge in [0.2, 0.25) is 0 Å². The van der Waals surface area contributed by atoms with Gasteiger partial charge in [-0.2, -0.15) is 0 Å². The molecule has 5 N–H and O–H groups in total. The highest BCUT2D eigenvalue weighted by atomic mass is 32.1. The zero-order chi connectivity index (χ0) is 21.0. The highest BCUT2D eigenvalue weighted by Crippen LogP contribution is 2.35. The number of anilines is 1. The number of carbonyl (C=O) groups is 3. The zero-order valence-electron chi connectivity index (χ0n) is 16.5. The van der Waals surface area contributed by atoms with Crippen LogP contribution in [0.25, 0.3) is 10.4 Å². The molecule has 0 unspecified atom stereocenters. The maximum atomic E-state index is 12.8. The number of nitrogens with zero attached hydrogens (tertiary/aromatic N) is 1. The molecular formula is C20H25N5O3S. The predicted octanol–water partition coefficient (Wildman–Crippen LogP) is 2.09. The Bertz CT molecular complexity index is 901. The summed E-state index contributed by atoms with van der Waals surface area (Å²) in [6.07, 6.45) is 1.92. The molecule has 1 aromatic heterocycles. The first-order chi connectivity index (χ1) is 13.8. The molecular weight excluding hydrogens is 390 g/mol. The fourth-order valence-corrected chi connectivity index (χ4v) is 4.21. The van der Waals surface area contributed by atoms with Gasteiger partial charge < -0.3 is 26.6 Å². The van der Waals surface area contributed by atoms with Crippen LogP contribution in [0.1, 0.15) is 32.9 Å². The van der Waals surface area contributed by atoms with E-state index in [0.717, 1.165) is 36.4 Å². The second-order valence-corrected chi connectivity index (χ2v) is 8.19. The van der Waals surface area contributed by atoms with Crippen LogP contribution in [-0.2, 0) is 0 Å². The highest BCUT2D eigenvalue weighted by molar-refractivity contribution is 7.18. The Morgan fingerprint density at radius 2 is 1.93 bits per heavy atom. The number of nitrogens with one attached hydrogen (secondary N) is 3. The van der Waals surface area contributed by atoms with Crippen molar-refractivity contribution in [1.29, 1.82) is 0 Å². The lowest BCUT2D eigenvalue weighted by atomic mass is 10.1. The lowest BCUT2D eigenvalue weighted by Crippen LogP contribution is -2.45. The summed E-state index contributed by atoms with van der Waals surface area (Å²) in [6.45, 7) is 1.68. The summed E-state index contributed by atoms with van der Waals surface area (Å²) in [6, 6.07) is 8.19. The number of hydrogen-bond acceptors (Lipinski definition) is 5. The summed E-state index contributed by atoms with van der Waals surface area (Å²) in [5, 5.41) is 8.81. The predicted molar refractivity (Wildman–Crippen MR) is 114 cm³/mol. The van der Waals surface area contributed by atoms with Crippen LogP contribution in [0, 0.1) is 0 Å². The van der Waals surface area contributed by atoms with Crippen molar-refractivity contribution in [2.24, 2.45) is 5.73 Å². The Hall–Kier alpha value is -2.91. The number of urea groups is 1. The van der Waals surface area contributed by atoms with Crippen molar-refractivity contribution in [1.82, 2.24) is 15.5 Å². The van der Waals surface area contributed by atoms with E-state index in [4.69, 9.17) is 5.73 Å². The van der Waals surface area contributed by atoms with E-state index in [2.05, 4.69) is 16.0 Å². The van der Waals surface area contributed by atoms with Gasteiger partial charge in [0.1, 0.15) is 4.88 Å². The van der Waals surface area contributed by atoms with Crippen molar-refractivity contribution in [2.45, 2.75) is 18.9 Å². The van der Waals surface area contributed by atoms with Crippen molar-refractivity contribution in [2.75, 3.05) is 32.5 Å². The third-order valence-electron chi connectivity index (χ3n) is 4.65. The van der Waals surface area contributed by atoms with Gasteiger partial charge in [0.05, 0.1) is 5.69 Å². The highest BCUT2D eigenvalue weighted by Gasteiger charge is 2.22. The molecule has 1 aliphatic rings. The molecule has 1 fully saturated rings. The molecule has 9 heteroatoms. The van der Waals surface area contributed by atoms with E-state index < -0.39 is 6.03 Å². The number of nitrogens with two attached hydrogens (primary N) is 1. The van der Waals surface area contributed by atoms with Crippen LogP contribution in [0.2, 0.25) is 0 Å². The lowest BCUT2D eigenvalue weighted by Gasteiger charge is -2.23. The minimum Gasteiger partial charge on any atom is -0.351 e. The number of thiophene rings is 1. The second kappa shape index (κ2) is 9.06. The van der Waals surface area contributed by atoms with Crippen LogP contribution < -0.4 is 21.7 Å². The molecule has 1 saturated heterocycles. The molecule has 8 nitrogen and oxygen atoms in total. The minimum absolute atomic E-state index is 0.0551. The molecule has 0 radical (unpaired) electrons. The molecule has 0 spiro atoms.